The fourth-order valence-corrected chi connectivity index (χ4v) is 1.72. The summed E-state index contributed by atoms with van der Waals surface area (Å²) in [5.74, 6) is -0.173. The van der Waals surface area contributed by atoms with E-state index >= 15 is 0 Å². The maximum Gasteiger partial charge on any atom is 0.255 e. The SMILES string of the molecule is Cc1cccc(C(=O)N(C)CC(C)(C)O)c1N. The van der Waals surface area contributed by atoms with Gasteiger partial charge in [-0.25, -0.2) is 0 Å². The van der Waals surface area contributed by atoms with E-state index in [1.807, 2.05) is 13.0 Å². The molecule has 1 aromatic rings. The summed E-state index contributed by atoms with van der Waals surface area (Å²) in [5, 5.41) is 9.68. The molecule has 3 N–H and O–H groups in total. The molecule has 0 aliphatic carbocycles. The molecule has 0 radical (unpaired) electrons. The standard InChI is InChI=1S/C13H20N2O2/c1-9-6-5-7-10(11(9)14)12(16)15(4)8-13(2,3)17/h5-7,17H,8,14H2,1-4H3. The van der Waals surface area contributed by atoms with Crippen LogP contribution in [0.3, 0.4) is 0 Å². The molecule has 0 saturated carbocycles. The van der Waals surface area contributed by atoms with Crippen molar-refractivity contribution >= 4 is 11.6 Å². The maximum atomic E-state index is 12.1. The molecule has 0 atom stereocenters. The molecule has 1 amide bonds. The first-order valence-corrected chi connectivity index (χ1v) is 5.55. The summed E-state index contributed by atoms with van der Waals surface area (Å²) in [4.78, 5) is 13.6. The Bertz CT molecular complexity index is 422. The van der Waals surface area contributed by atoms with Crippen molar-refractivity contribution in [2.75, 3.05) is 19.3 Å². The van der Waals surface area contributed by atoms with Crippen LogP contribution in [0.5, 0.6) is 0 Å². The van der Waals surface area contributed by atoms with Crippen molar-refractivity contribution in [3.63, 3.8) is 0 Å². The molecule has 17 heavy (non-hydrogen) atoms. The van der Waals surface area contributed by atoms with E-state index in [-0.39, 0.29) is 12.5 Å². The number of para-hydroxylation sites is 1. The van der Waals surface area contributed by atoms with E-state index in [4.69, 9.17) is 5.73 Å². The molecule has 0 aliphatic rings. The Morgan fingerprint density at radius 1 is 1.47 bits per heavy atom. The number of likely N-dealkylation sites (N-methyl/N-ethyl adjacent to an activating group) is 1. The summed E-state index contributed by atoms with van der Waals surface area (Å²) in [5.41, 5.74) is 6.83. The van der Waals surface area contributed by atoms with Crippen molar-refractivity contribution in [1.82, 2.24) is 4.90 Å². The molecule has 0 aliphatic heterocycles. The number of nitrogen functional groups attached to an aromatic ring is 1. The van der Waals surface area contributed by atoms with Gasteiger partial charge in [-0.15, -0.1) is 0 Å². The third-order valence-electron chi connectivity index (χ3n) is 2.53. The third-order valence-corrected chi connectivity index (χ3v) is 2.53. The van der Waals surface area contributed by atoms with Gasteiger partial charge in [-0.2, -0.15) is 0 Å². The van der Waals surface area contributed by atoms with Gasteiger partial charge in [0.25, 0.3) is 5.91 Å². The van der Waals surface area contributed by atoms with Gasteiger partial charge >= 0.3 is 0 Å². The molecule has 0 saturated heterocycles. The Labute approximate surface area is 102 Å². The smallest absolute Gasteiger partial charge is 0.255 e. The molecular formula is C13H20N2O2. The van der Waals surface area contributed by atoms with Crippen LogP contribution in [0.25, 0.3) is 0 Å². The van der Waals surface area contributed by atoms with Crippen LogP contribution in [0.1, 0.15) is 29.8 Å². The summed E-state index contributed by atoms with van der Waals surface area (Å²) in [6, 6.07) is 5.37. The van der Waals surface area contributed by atoms with Gasteiger partial charge in [-0.1, -0.05) is 12.1 Å². The van der Waals surface area contributed by atoms with Crippen molar-refractivity contribution in [2.24, 2.45) is 0 Å². The normalized spacial score (nSPS) is 11.4. The predicted molar refractivity (Wildman–Crippen MR) is 68.8 cm³/mol. The van der Waals surface area contributed by atoms with Crippen molar-refractivity contribution in [3.8, 4) is 0 Å². The zero-order chi connectivity index (χ0) is 13.2. The van der Waals surface area contributed by atoms with Crippen LogP contribution in [-0.4, -0.2) is 35.1 Å². The van der Waals surface area contributed by atoms with Gasteiger partial charge in [0.2, 0.25) is 0 Å². The highest BCUT2D eigenvalue weighted by Crippen LogP contribution is 2.18. The van der Waals surface area contributed by atoms with Gasteiger partial charge < -0.3 is 15.7 Å². The summed E-state index contributed by atoms with van der Waals surface area (Å²) >= 11 is 0. The first-order chi connectivity index (χ1) is 7.72. The van der Waals surface area contributed by atoms with Gasteiger partial charge in [-0.3, -0.25) is 4.79 Å². The third kappa shape index (κ3) is 3.46. The molecule has 0 bridgehead atoms. The number of nitrogens with two attached hydrogens (primary N) is 1. The number of amides is 1. The molecule has 4 nitrogen and oxygen atoms in total. The molecule has 4 heteroatoms. The predicted octanol–water partition coefficient (Wildman–Crippen LogP) is 1.42. The fraction of sp³-hybridized carbons (Fsp3) is 0.462. The number of carbonyl (C=O) groups excluding carboxylic acids is 1. The number of anilines is 1. The number of aryl methyl sites for hydroxylation is 1. The molecule has 1 aromatic carbocycles. The number of carbonyl (C=O) groups is 1. The maximum absolute atomic E-state index is 12.1. The summed E-state index contributed by atoms with van der Waals surface area (Å²) in [6.07, 6.45) is 0. The summed E-state index contributed by atoms with van der Waals surface area (Å²) < 4.78 is 0. The zero-order valence-corrected chi connectivity index (χ0v) is 10.8. The van der Waals surface area contributed by atoms with Gasteiger partial charge in [0, 0.05) is 19.3 Å². The molecule has 94 valence electrons. The van der Waals surface area contributed by atoms with Crippen LogP contribution in [0.2, 0.25) is 0 Å². The largest absolute Gasteiger partial charge is 0.398 e. The zero-order valence-electron chi connectivity index (χ0n) is 10.8. The van der Waals surface area contributed by atoms with Crippen molar-refractivity contribution in [1.29, 1.82) is 0 Å². The minimum Gasteiger partial charge on any atom is -0.398 e. The second-order valence-corrected chi connectivity index (χ2v) is 5.01. The van der Waals surface area contributed by atoms with Crippen molar-refractivity contribution in [2.45, 2.75) is 26.4 Å². The lowest BCUT2D eigenvalue weighted by atomic mass is 10.1. The quantitative estimate of drug-likeness (QED) is 0.780. The minimum absolute atomic E-state index is 0.173. The summed E-state index contributed by atoms with van der Waals surface area (Å²) in [6.45, 7) is 5.45. The van der Waals surface area contributed by atoms with Crippen LogP contribution >= 0.6 is 0 Å². The highest BCUT2D eigenvalue weighted by atomic mass is 16.3. The molecule has 0 fully saturated rings. The molecule has 0 unspecified atom stereocenters. The van der Waals surface area contributed by atoms with E-state index in [9.17, 15) is 9.90 Å². The van der Waals surface area contributed by atoms with E-state index in [0.717, 1.165) is 5.56 Å². The number of rotatable bonds is 3. The Hall–Kier alpha value is -1.55. The number of hydrogen-bond acceptors (Lipinski definition) is 3. The average Bonchev–Trinajstić information content (AvgIpc) is 2.18. The number of benzene rings is 1. The first-order valence-electron chi connectivity index (χ1n) is 5.55. The van der Waals surface area contributed by atoms with E-state index < -0.39 is 5.60 Å². The van der Waals surface area contributed by atoms with E-state index in [2.05, 4.69) is 0 Å². The summed E-state index contributed by atoms with van der Waals surface area (Å²) in [7, 11) is 1.65. The van der Waals surface area contributed by atoms with Gasteiger partial charge in [0.15, 0.2) is 0 Å². The van der Waals surface area contributed by atoms with Crippen LogP contribution in [0, 0.1) is 6.92 Å². The lowest BCUT2D eigenvalue weighted by molar-refractivity contribution is 0.0368. The first kappa shape index (κ1) is 13.5. The Morgan fingerprint density at radius 3 is 2.59 bits per heavy atom. The van der Waals surface area contributed by atoms with Crippen molar-refractivity contribution in [3.05, 3.63) is 29.3 Å². The monoisotopic (exact) mass is 236 g/mol. The average molecular weight is 236 g/mol. The van der Waals surface area contributed by atoms with Crippen LogP contribution in [0.15, 0.2) is 18.2 Å². The Balaban J connectivity index is 2.93. The lowest BCUT2D eigenvalue weighted by Gasteiger charge is -2.26. The molecular weight excluding hydrogens is 216 g/mol. The topological polar surface area (TPSA) is 66.6 Å². The molecule has 0 heterocycles. The van der Waals surface area contributed by atoms with Crippen LogP contribution in [0.4, 0.5) is 5.69 Å². The molecule has 0 spiro atoms. The van der Waals surface area contributed by atoms with E-state index in [1.165, 1.54) is 4.90 Å². The Kier molecular flexibility index (Phi) is 3.78. The van der Waals surface area contributed by atoms with Gasteiger partial charge in [0.05, 0.1) is 11.2 Å². The lowest BCUT2D eigenvalue weighted by Crippen LogP contribution is -2.39. The van der Waals surface area contributed by atoms with E-state index in [0.29, 0.717) is 11.3 Å². The molecule has 1 rings (SSSR count). The van der Waals surface area contributed by atoms with Gasteiger partial charge in [-0.05, 0) is 32.4 Å². The highest BCUT2D eigenvalue weighted by molar-refractivity contribution is 5.99. The van der Waals surface area contributed by atoms with Crippen LogP contribution in [-0.2, 0) is 0 Å². The molecule has 0 aromatic heterocycles. The number of nitrogens with zero attached hydrogens (tertiary/aromatic N) is 1. The number of aliphatic hydroxyl groups is 1. The second-order valence-electron chi connectivity index (χ2n) is 5.01. The van der Waals surface area contributed by atoms with Gasteiger partial charge in [0.1, 0.15) is 0 Å². The second kappa shape index (κ2) is 4.75. The van der Waals surface area contributed by atoms with Crippen molar-refractivity contribution < 1.29 is 9.90 Å². The highest BCUT2D eigenvalue weighted by Gasteiger charge is 2.21. The van der Waals surface area contributed by atoms with Crippen LogP contribution < -0.4 is 5.73 Å². The fourth-order valence-electron chi connectivity index (χ4n) is 1.72. The minimum atomic E-state index is -0.914. The Morgan fingerprint density at radius 2 is 2.06 bits per heavy atom. The number of hydrogen-bond donors (Lipinski definition) is 2. The van der Waals surface area contributed by atoms with E-state index in [1.54, 1.807) is 33.0 Å².